The number of ether oxygens (including phenoxy) is 10. The summed E-state index contributed by atoms with van der Waals surface area (Å²) in [7, 11) is 0. The number of anilines is 1. The summed E-state index contributed by atoms with van der Waals surface area (Å²) in [5, 5.41) is 5.34. The van der Waals surface area contributed by atoms with Crippen molar-refractivity contribution in [1.82, 2.24) is 10.2 Å². The molecule has 1 aromatic carbocycles. The second-order valence-electron chi connectivity index (χ2n) is 15.3. The molecule has 360 valence electrons. The Morgan fingerprint density at radius 1 is 0.508 bits per heavy atom. The fraction of sp³-hybridized carbons (Fsp3) is 0.783. The van der Waals surface area contributed by atoms with Crippen LogP contribution in [0.1, 0.15) is 111 Å². The first-order chi connectivity index (χ1) is 31.0. The van der Waals surface area contributed by atoms with Crippen molar-refractivity contribution >= 4 is 29.3 Å². The molecule has 1 unspecified atom stereocenters. The Morgan fingerprint density at radius 2 is 0.905 bits per heavy atom. The SMILES string of the molecule is CCCCCCCCCCCCCOCCOCCOCCOCCOCCOCCOCCOCCOCCOCCNc1cccc2c1C(=O)N(C1CCC(=O)NC1=O)C2=O. The number of fused-ring (bicyclic) bond motifs is 1. The van der Waals surface area contributed by atoms with Gasteiger partial charge in [0.15, 0.2) is 0 Å². The molecule has 0 aromatic heterocycles. The Bertz CT molecular complexity index is 1370. The Labute approximate surface area is 375 Å². The highest BCUT2D eigenvalue weighted by molar-refractivity contribution is 6.25. The van der Waals surface area contributed by atoms with Gasteiger partial charge < -0.3 is 52.7 Å². The first-order valence-corrected chi connectivity index (χ1v) is 23.4. The van der Waals surface area contributed by atoms with Crippen LogP contribution in [-0.4, -0.2) is 173 Å². The number of piperidine rings is 1. The molecule has 0 radical (unpaired) electrons. The number of carbonyl (C=O) groups excluding carboxylic acids is 4. The molecule has 0 spiro atoms. The van der Waals surface area contributed by atoms with Crippen LogP contribution in [0.5, 0.6) is 0 Å². The number of imide groups is 2. The summed E-state index contributed by atoms with van der Waals surface area (Å²) < 4.78 is 55.5. The van der Waals surface area contributed by atoms with Crippen LogP contribution >= 0.6 is 0 Å². The van der Waals surface area contributed by atoms with Gasteiger partial charge in [-0.2, -0.15) is 0 Å². The van der Waals surface area contributed by atoms with E-state index in [4.69, 9.17) is 47.4 Å². The number of unbranched alkanes of at least 4 members (excludes halogenated alkanes) is 10. The van der Waals surface area contributed by atoms with Gasteiger partial charge in [0.1, 0.15) is 6.04 Å². The predicted molar refractivity (Wildman–Crippen MR) is 236 cm³/mol. The summed E-state index contributed by atoms with van der Waals surface area (Å²) in [6.45, 7) is 12.6. The summed E-state index contributed by atoms with van der Waals surface area (Å²) in [5.74, 6) is -2.16. The van der Waals surface area contributed by atoms with Gasteiger partial charge in [0, 0.05) is 25.3 Å². The molecule has 2 heterocycles. The summed E-state index contributed by atoms with van der Waals surface area (Å²) in [6.07, 6.45) is 14.9. The molecular weight excluding hydrogens is 819 g/mol. The van der Waals surface area contributed by atoms with Crippen molar-refractivity contribution in [2.75, 3.05) is 144 Å². The molecule has 63 heavy (non-hydrogen) atoms. The van der Waals surface area contributed by atoms with Crippen LogP contribution in [-0.2, 0) is 57.0 Å². The molecule has 1 fully saturated rings. The van der Waals surface area contributed by atoms with Crippen molar-refractivity contribution in [2.45, 2.75) is 96.4 Å². The molecular formula is C46H77N3O14. The van der Waals surface area contributed by atoms with Crippen molar-refractivity contribution < 1.29 is 66.5 Å². The van der Waals surface area contributed by atoms with Gasteiger partial charge >= 0.3 is 0 Å². The van der Waals surface area contributed by atoms with Gasteiger partial charge in [-0.1, -0.05) is 77.2 Å². The maximum atomic E-state index is 13.2. The lowest BCUT2D eigenvalue weighted by molar-refractivity contribution is -0.136. The second-order valence-corrected chi connectivity index (χ2v) is 15.3. The molecule has 17 nitrogen and oxygen atoms in total. The summed E-state index contributed by atoms with van der Waals surface area (Å²) in [6, 6.07) is 3.92. The molecule has 4 amide bonds. The molecule has 2 aliphatic heterocycles. The van der Waals surface area contributed by atoms with Crippen molar-refractivity contribution in [3.8, 4) is 0 Å². The van der Waals surface area contributed by atoms with E-state index in [0.29, 0.717) is 138 Å². The van der Waals surface area contributed by atoms with Gasteiger partial charge in [-0.3, -0.25) is 29.4 Å². The second kappa shape index (κ2) is 37.2. The molecule has 17 heteroatoms. The molecule has 2 N–H and O–H groups in total. The number of nitrogens with zero attached hydrogens (tertiary/aromatic N) is 1. The van der Waals surface area contributed by atoms with Gasteiger partial charge in [0.25, 0.3) is 11.8 Å². The average molecular weight is 896 g/mol. The third kappa shape index (κ3) is 24.7. The van der Waals surface area contributed by atoms with Crippen molar-refractivity contribution in [2.24, 2.45) is 0 Å². The van der Waals surface area contributed by atoms with Gasteiger partial charge in [-0.25, -0.2) is 0 Å². The topological polar surface area (TPSA) is 188 Å². The Morgan fingerprint density at radius 3 is 1.33 bits per heavy atom. The maximum Gasteiger partial charge on any atom is 0.264 e. The zero-order chi connectivity index (χ0) is 44.8. The highest BCUT2D eigenvalue weighted by atomic mass is 16.6. The van der Waals surface area contributed by atoms with E-state index in [0.717, 1.165) is 17.9 Å². The number of amides is 4. The number of benzene rings is 1. The fourth-order valence-corrected chi connectivity index (χ4v) is 6.87. The number of carbonyl (C=O) groups is 4. The van der Waals surface area contributed by atoms with Crippen LogP contribution < -0.4 is 10.6 Å². The number of rotatable bonds is 44. The van der Waals surface area contributed by atoms with Crippen LogP contribution in [0.3, 0.4) is 0 Å². The molecule has 1 atom stereocenters. The van der Waals surface area contributed by atoms with Gasteiger partial charge in [-0.15, -0.1) is 0 Å². The van der Waals surface area contributed by atoms with E-state index >= 15 is 0 Å². The van der Waals surface area contributed by atoms with E-state index in [2.05, 4.69) is 17.6 Å². The Hall–Kier alpha value is -3.10. The largest absolute Gasteiger partial charge is 0.382 e. The molecule has 0 aliphatic carbocycles. The minimum Gasteiger partial charge on any atom is -0.382 e. The number of hydrogen-bond donors (Lipinski definition) is 2. The highest BCUT2D eigenvalue weighted by Gasteiger charge is 2.45. The van der Waals surface area contributed by atoms with Crippen molar-refractivity contribution in [1.29, 1.82) is 0 Å². The van der Waals surface area contributed by atoms with Crippen LogP contribution in [0.25, 0.3) is 0 Å². The fourth-order valence-electron chi connectivity index (χ4n) is 6.87. The van der Waals surface area contributed by atoms with E-state index in [9.17, 15) is 19.2 Å². The smallest absolute Gasteiger partial charge is 0.264 e. The van der Waals surface area contributed by atoms with Crippen LogP contribution in [0, 0.1) is 0 Å². The lowest BCUT2D eigenvalue weighted by Crippen LogP contribution is -2.54. The van der Waals surface area contributed by atoms with E-state index in [1.54, 1.807) is 18.2 Å². The molecule has 1 saturated heterocycles. The number of nitrogens with one attached hydrogen (secondary N) is 2. The third-order valence-corrected chi connectivity index (χ3v) is 10.3. The summed E-state index contributed by atoms with van der Waals surface area (Å²) >= 11 is 0. The van der Waals surface area contributed by atoms with Gasteiger partial charge in [0.2, 0.25) is 11.8 Å². The van der Waals surface area contributed by atoms with Gasteiger partial charge in [-0.05, 0) is 25.0 Å². The lowest BCUT2D eigenvalue weighted by Gasteiger charge is -2.27. The normalized spacial score (nSPS) is 15.1. The zero-order valence-corrected chi connectivity index (χ0v) is 38.0. The molecule has 3 rings (SSSR count). The van der Waals surface area contributed by atoms with Crippen molar-refractivity contribution in [3.05, 3.63) is 29.3 Å². The minimum absolute atomic E-state index is 0.0670. The maximum absolute atomic E-state index is 13.2. The summed E-state index contributed by atoms with van der Waals surface area (Å²) in [5.41, 5.74) is 0.915. The van der Waals surface area contributed by atoms with Crippen LogP contribution in [0.4, 0.5) is 5.69 Å². The molecule has 0 bridgehead atoms. The predicted octanol–water partition coefficient (Wildman–Crippen LogP) is 4.98. The van der Waals surface area contributed by atoms with E-state index in [1.807, 2.05) is 0 Å². The number of hydrogen-bond acceptors (Lipinski definition) is 15. The summed E-state index contributed by atoms with van der Waals surface area (Å²) in [4.78, 5) is 50.9. The van der Waals surface area contributed by atoms with Crippen LogP contribution in [0.15, 0.2) is 18.2 Å². The van der Waals surface area contributed by atoms with E-state index < -0.39 is 29.7 Å². The Kier molecular flexibility index (Phi) is 32.0. The standard InChI is InChI=1S/C46H77N3O14/c1-2-3-4-5-6-7-8-9-10-11-12-19-54-21-23-56-25-27-58-29-31-60-33-35-62-37-38-63-36-34-61-32-30-59-28-26-57-24-22-55-20-18-47-40-15-13-14-39-43(40)46(53)49(45(39)52)41-16-17-42(50)48-44(41)51/h13-15,41,47H,2-12,16-38H2,1H3,(H,48,50,51). The van der Waals surface area contributed by atoms with E-state index in [1.165, 1.54) is 64.2 Å². The first kappa shape index (κ1) is 54.2. The third-order valence-electron chi connectivity index (χ3n) is 10.3. The zero-order valence-electron chi connectivity index (χ0n) is 38.0. The van der Waals surface area contributed by atoms with Gasteiger partial charge in [0.05, 0.1) is 137 Å². The molecule has 1 aromatic rings. The first-order valence-electron chi connectivity index (χ1n) is 23.4. The highest BCUT2D eigenvalue weighted by Crippen LogP contribution is 2.32. The van der Waals surface area contributed by atoms with Crippen molar-refractivity contribution in [3.63, 3.8) is 0 Å². The monoisotopic (exact) mass is 896 g/mol. The molecule has 0 saturated carbocycles. The molecule has 2 aliphatic rings. The minimum atomic E-state index is -1.01. The Balaban J connectivity index is 0.958. The quantitative estimate of drug-likeness (QED) is 0.0660. The van der Waals surface area contributed by atoms with Crippen LogP contribution in [0.2, 0.25) is 0 Å². The van der Waals surface area contributed by atoms with E-state index in [-0.39, 0.29) is 24.0 Å². The lowest BCUT2D eigenvalue weighted by atomic mass is 10.0. The average Bonchev–Trinajstić information content (AvgIpc) is 3.54.